The number of nitrogens with zero attached hydrogens (tertiary/aromatic N) is 1. The number of aryl methyl sites for hydroxylation is 1. The van der Waals surface area contributed by atoms with Gasteiger partial charge in [-0.3, -0.25) is 9.59 Å². The van der Waals surface area contributed by atoms with Crippen molar-refractivity contribution >= 4 is 17.5 Å². The van der Waals surface area contributed by atoms with Crippen molar-refractivity contribution in [2.24, 2.45) is 5.92 Å². The van der Waals surface area contributed by atoms with E-state index in [-0.39, 0.29) is 30.1 Å². The van der Waals surface area contributed by atoms with E-state index in [0.717, 1.165) is 16.7 Å². The number of carbonyl (C=O) groups excluding carboxylic acids is 2. The summed E-state index contributed by atoms with van der Waals surface area (Å²) in [5.74, 6) is -0.737. The zero-order chi connectivity index (χ0) is 19.6. The van der Waals surface area contributed by atoms with Crippen LogP contribution in [0.3, 0.4) is 0 Å². The van der Waals surface area contributed by atoms with Crippen LogP contribution in [0.1, 0.15) is 49.4 Å². The van der Waals surface area contributed by atoms with E-state index in [1.165, 1.54) is 12.1 Å². The molecule has 0 saturated heterocycles. The number of amides is 2. The number of halogens is 1. The van der Waals surface area contributed by atoms with Crippen LogP contribution in [-0.4, -0.2) is 23.3 Å². The summed E-state index contributed by atoms with van der Waals surface area (Å²) in [5.41, 5.74) is 3.37. The fraction of sp³-hybridized carbons (Fsp3) is 0.364. The summed E-state index contributed by atoms with van der Waals surface area (Å²) in [6, 6.07) is 11.5. The van der Waals surface area contributed by atoms with Crippen molar-refractivity contribution < 1.29 is 14.0 Å². The molecule has 1 atom stereocenters. The number of anilines is 1. The van der Waals surface area contributed by atoms with E-state index in [2.05, 4.69) is 5.32 Å². The molecule has 0 aliphatic carbocycles. The predicted octanol–water partition coefficient (Wildman–Crippen LogP) is 4.44. The van der Waals surface area contributed by atoms with Gasteiger partial charge < -0.3 is 10.2 Å². The molecule has 0 fully saturated rings. The van der Waals surface area contributed by atoms with Gasteiger partial charge in [-0.05, 0) is 43.5 Å². The molecule has 27 heavy (non-hydrogen) atoms. The van der Waals surface area contributed by atoms with Crippen LogP contribution < -0.4 is 5.32 Å². The van der Waals surface area contributed by atoms with Crippen molar-refractivity contribution in [2.45, 2.75) is 39.7 Å². The van der Waals surface area contributed by atoms with Gasteiger partial charge in [0.05, 0.1) is 6.04 Å². The largest absolute Gasteiger partial charge is 0.324 e. The van der Waals surface area contributed by atoms with Gasteiger partial charge >= 0.3 is 0 Å². The van der Waals surface area contributed by atoms with Crippen molar-refractivity contribution in [3.05, 3.63) is 65.0 Å². The lowest BCUT2D eigenvalue weighted by atomic mass is 9.92. The highest BCUT2D eigenvalue weighted by atomic mass is 19.1. The highest BCUT2D eigenvalue weighted by Crippen LogP contribution is 2.37. The van der Waals surface area contributed by atoms with Gasteiger partial charge in [0.1, 0.15) is 12.4 Å². The summed E-state index contributed by atoms with van der Waals surface area (Å²) in [6.45, 7) is 5.91. The van der Waals surface area contributed by atoms with Gasteiger partial charge in [0.2, 0.25) is 11.8 Å². The van der Waals surface area contributed by atoms with E-state index in [0.29, 0.717) is 18.5 Å². The highest BCUT2D eigenvalue weighted by molar-refractivity contribution is 5.97. The number of hydrogen-bond donors (Lipinski definition) is 1. The molecular formula is C22H25FN2O2. The molecule has 142 valence electrons. The molecule has 0 radical (unpaired) electrons. The van der Waals surface area contributed by atoms with Crippen molar-refractivity contribution in [1.82, 2.24) is 4.90 Å². The van der Waals surface area contributed by atoms with Crippen LogP contribution >= 0.6 is 0 Å². The molecule has 2 aromatic carbocycles. The highest BCUT2D eigenvalue weighted by Gasteiger charge is 2.35. The molecule has 0 saturated carbocycles. The average molecular weight is 368 g/mol. The average Bonchev–Trinajstić information content (AvgIpc) is 2.79. The Morgan fingerprint density at radius 3 is 2.48 bits per heavy atom. The van der Waals surface area contributed by atoms with Gasteiger partial charge in [0, 0.05) is 17.2 Å². The standard InChI is InChI=1S/C22H25FN2O2/c1-4-15(5-2)22(27)25-13-20(26)24-19-11-6-14(3)12-18(19)21(25)16-7-9-17(23)10-8-16/h6-12,15,21H,4-5,13H2,1-3H3,(H,24,26). The summed E-state index contributed by atoms with van der Waals surface area (Å²) < 4.78 is 13.5. The number of nitrogens with one attached hydrogen (secondary N) is 1. The smallest absolute Gasteiger partial charge is 0.244 e. The van der Waals surface area contributed by atoms with Crippen molar-refractivity contribution in [3.63, 3.8) is 0 Å². The van der Waals surface area contributed by atoms with E-state index < -0.39 is 6.04 Å². The van der Waals surface area contributed by atoms with E-state index in [4.69, 9.17) is 0 Å². The number of fused-ring (bicyclic) bond motifs is 1. The van der Waals surface area contributed by atoms with Gasteiger partial charge in [-0.25, -0.2) is 4.39 Å². The lowest BCUT2D eigenvalue weighted by Crippen LogP contribution is -2.42. The fourth-order valence-electron chi connectivity index (χ4n) is 3.71. The SMILES string of the molecule is CCC(CC)C(=O)N1CC(=O)Nc2ccc(C)cc2C1c1ccc(F)cc1. The molecule has 1 heterocycles. The third-order valence-corrected chi connectivity index (χ3v) is 5.21. The van der Waals surface area contributed by atoms with Gasteiger partial charge in [-0.15, -0.1) is 0 Å². The molecule has 5 heteroatoms. The molecule has 2 aromatic rings. The lowest BCUT2D eigenvalue weighted by Gasteiger charge is -2.33. The fourth-order valence-corrected chi connectivity index (χ4v) is 3.71. The Morgan fingerprint density at radius 2 is 1.85 bits per heavy atom. The van der Waals surface area contributed by atoms with Crippen molar-refractivity contribution in [3.8, 4) is 0 Å². The van der Waals surface area contributed by atoms with E-state index >= 15 is 0 Å². The first-order valence-electron chi connectivity index (χ1n) is 9.40. The monoisotopic (exact) mass is 368 g/mol. The molecule has 3 rings (SSSR count). The predicted molar refractivity (Wildman–Crippen MR) is 104 cm³/mol. The second-order valence-electron chi connectivity index (χ2n) is 7.07. The van der Waals surface area contributed by atoms with Crippen LogP contribution in [0.2, 0.25) is 0 Å². The normalized spacial score (nSPS) is 16.7. The van der Waals surface area contributed by atoms with Crippen molar-refractivity contribution in [2.75, 3.05) is 11.9 Å². The second kappa shape index (κ2) is 7.91. The van der Waals surface area contributed by atoms with Crippen LogP contribution in [0.25, 0.3) is 0 Å². The minimum absolute atomic E-state index is 0.0227. The van der Waals surface area contributed by atoms with Gasteiger partial charge in [-0.1, -0.05) is 43.7 Å². The number of carbonyl (C=O) groups is 2. The molecule has 0 aromatic heterocycles. The molecule has 0 bridgehead atoms. The summed E-state index contributed by atoms with van der Waals surface area (Å²) in [4.78, 5) is 27.4. The maximum absolute atomic E-state index is 13.5. The molecular weight excluding hydrogens is 343 g/mol. The quantitative estimate of drug-likeness (QED) is 0.867. The maximum Gasteiger partial charge on any atom is 0.244 e. The Hall–Kier alpha value is -2.69. The molecule has 1 aliphatic heterocycles. The minimum atomic E-state index is -0.437. The zero-order valence-electron chi connectivity index (χ0n) is 16.0. The Bertz CT molecular complexity index is 844. The third kappa shape index (κ3) is 3.87. The van der Waals surface area contributed by atoms with Gasteiger partial charge in [0.25, 0.3) is 0 Å². The Balaban J connectivity index is 2.18. The first-order chi connectivity index (χ1) is 12.9. The lowest BCUT2D eigenvalue weighted by molar-refractivity contribution is -0.140. The Kier molecular flexibility index (Phi) is 5.59. The number of benzene rings is 2. The molecule has 1 unspecified atom stereocenters. The van der Waals surface area contributed by atoms with E-state index in [1.807, 2.05) is 39.0 Å². The molecule has 1 N–H and O–H groups in total. The van der Waals surface area contributed by atoms with Crippen LogP contribution in [0.5, 0.6) is 0 Å². The Labute approximate surface area is 159 Å². The van der Waals surface area contributed by atoms with Gasteiger partial charge in [0.15, 0.2) is 0 Å². The van der Waals surface area contributed by atoms with Crippen molar-refractivity contribution in [1.29, 1.82) is 0 Å². The van der Waals surface area contributed by atoms with Crippen LogP contribution in [0.15, 0.2) is 42.5 Å². The number of rotatable bonds is 4. The Morgan fingerprint density at radius 1 is 1.19 bits per heavy atom. The molecule has 0 spiro atoms. The second-order valence-corrected chi connectivity index (χ2v) is 7.07. The topological polar surface area (TPSA) is 49.4 Å². The van der Waals surface area contributed by atoms with Gasteiger partial charge in [-0.2, -0.15) is 0 Å². The number of hydrogen-bond acceptors (Lipinski definition) is 2. The first kappa shape index (κ1) is 19.1. The first-order valence-corrected chi connectivity index (χ1v) is 9.40. The molecule has 2 amide bonds. The van der Waals surface area contributed by atoms with E-state index in [9.17, 15) is 14.0 Å². The molecule has 1 aliphatic rings. The van der Waals surface area contributed by atoms with E-state index in [1.54, 1.807) is 17.0 Å². The minimum Gasteiger partial charge on any atom is -0.324 e. The zero-order valence-corrected chi connectivity index (χ0v) is 16.0. The third-order valence-electron chi connectivity index (χ3n) is 5.21. The molecule has 4 nitrogen and oxygen atoms in total. The summed E-state index contributed by atoms with van der Waals surface area (Å²) in [6.07, 6.45) is 1.43. The van der Waals surface area contributed by atoms with Crippen LogP contribution in [0.4, 0.5) is 10.1 Å². The van der Waals surface area contributed by atoms with Crippen LogP contribution in [-0.2, 0) is 9.59 Å². The van der Waals surface area contributed by atoms with Crippen LogP contribution in [0, 0.1) is 18.7 Å². The summed E-state index contributed by atoms with van der Waals surface area (Å²) >= 11 is 0. The maximum atomic E-state index is 13.5. The summed E-state index contributed by atoms with van der Waals surface area (Å²) in [5, 5.41) is 2.91. The summed E-state index contributed by atoms with van der Waals surface area (Å²) in [7, 11) is 0.